The van der Waals surface area contributed by atoms with E-state index in [9.17, 15) is 0 Å². The van der Waals surface area contributed by atoms with Crippen molar-refractivity contribution in [2.45, 2.75) is 32.9 Å². The molecule has 0 atom stereocenters. The normalized spacial score (nSPS) is 11.7. The second kappa shape index (κ2) is 5.97. The van der Waals surface area contributed by atoms with Crippen molar-refractivity contribution < 1.29 is 9.15 Å². The molecule has 1 heterocycles. The fourth-order valence-corrected chi connectivity index (χ4v) is 2.05. The van der Waals surface area contributed by atoms with Crippen LogP contribution >= 0.6 is 15.9 Å². The minimum Gasteiger partial charge on any atom is -0.496 e. The van der Waals surface area contributed by atoms with Crippen molar-refractivity contribution in [3.05, 3.63) is 34.6 Å². The highest BCUT2D eigenvalue weighted by molar-refractivity contribution is 9.10. The van der Waals surface area contributed by atoms with Gasteiger partial charge in [-0.05, 0) is 39.0 Å². The van der Waals surface area contributed by atoms with E-state index in [0.717, 1.165) is 21.5 Å². The summed E-state index contributed by atoms with van der Waals surface area (Å²) in [5.41, 5.74) is 1.77. The minimum absolute atomic E-state index is 0.0500. The van der Waals surface area contributed by atoms with Crippen LogP contribution in [0, 0.1) is 0 Å². The van der Waals surface area contributed by atoms with Crippen molar-refractivity contribution in [2.75, 3.05) is 7.11 Å². The van der Waals surface area contributed by atoms with Gasteiger partial charge in [0.1, 0.15) is 12.0 Å². The Kier molecular flexibility index (Phi) is 4.50. The summed E-state index contributed by atoms with van der Waals surface area (Å²) in [7, 11) is 1.64. The lowest BCUT2D eigenvalue weighted by molar-refractivity contribution is 0.414. The number of aromatic nitrogens is 1. The van der Waals surface area contributed by atoms with Crippen LogP contribution in [0.4, 0.5) is 0 Å². The lowest BCUT2D eigenvalue weighted by Gasteiger charge is -2.19. The van der Waals surface area contributed by atoms with Gasteiger partial charge in [-0.1, -0.05) is 15.9 Å². The SMILES string of the molecule is COc1cc(Br)ccc1-c1nc(CNC(C)(C)C)co1. The van der Waals surface area contributed by atoms with Gasteiger partial charge in [-0.25, -0.2) is 4.98 Å². The van der Waals surface area contributed by atoms with E-state index in [0.29, 0.717) is 12.4 Å². The van der Waals surface area contributed by atoms with Crippen LogP contribution in [0.3, 0.4) is 0 Å². The van der Waals surface area contributed by atoms with E-state index in [4.69, 9.17) is 9.15 Å². The second-order valence-corrected chi connectivity index (χ2v) is 6.51. The molecule has 0 amide bonds. The van der Waals surface area contributed by atoms with Crippen molar-refractivity contribution in [2.24, 2.45) is 0 Å². The monoisotopic (exact) mass is 338 g/mol. The third-order valence-electron chi connectivity index (χ3n) is 2.75. The molecule has 1 N–H and O–H groups in total. The summed E-state index contributed by atoms with van der Waals surface area (Å²) < 4.78 is 11.9. The quantitative estimate of drug-likeness (QED) is 0.915. The number of nitrogens with zero attached hydrogens (tertiary/aromatic N) is 1. The molecule has 108 valence electrons. The number of hydrogen-bond donors (Lipinski definition) is 1. The summed E-state index contributed by atoms with van der Waals surface area (Å²) in [6.45, 7) is 7.02. The molecule has 1 aromatic heterocycles. The molecule has 1 aromatic carbocycles. The summed E-state index contributed by atoms with van der Waals surface area (Å²) in [5, 5.41) is 3.38. The molecule has 4 nitrogen and oxygen atoms in total. The standard InChI is InChI=1S/C15H19BrN2O2/c1-15(2,3)17-8-11-9-20-14(18-11)12-6-5-10(16)7-13(12)19-4/h5-7,9,17H,8H2,1-4H3. The molecule has 0 radical (unpaired) electrons. The third-order valence-corrected chi connectivity index (χ3v) is 3.24. The highest BCUT2D eigenvalue weighted by Crippen LogP contribution is 2.31. The number of hydrogen-bond acceptors (Lipinski definition) is 4. The molecule has 0 saturated heterocycles. The molecule has 0 bridgehead atoms. The topological polar surface area (TPSA) is 47.3 Å². The molecule has 5 heteroatoms. The Labute approximate surface area is 127 Å². The molecular weight excluding hydrogens is 320 g/mol. The number of oxazole rings is 1. The molecule has 2 aromatic rings. The maximum atomic E-state index is 5.55. The largest absolute Gasteiger partial charge is 0.496 e. The van der Waals surface area contributed by atoms with Crippen LogP contribution in [0.2, 0.25) is 0 Å². The van der Waals surface area contributed by atoms with Gasteiger partial charge in [-0.3, -0.25) is 0 Å². The van der Waals surface area contributed by atoms with Crippen LogP contribution in [0.1, 0.15) is 26.5 Å². The number of nitrogens with one attached hydrogen (secondary N) is 1. The summed E-state index contributed by atoms with van der Waals surface area (Å²) in [6, 6.07) is 5.76. The summed E-state index contributed by atoms with van der Waals surface area (Å²) in [5.74, 6) is 1.30. The van der Waals surface area contributed by atoms with Gasteiger partial charge in [-0.15, -0.1) is 0 Å². The van der Waals surface area contributed by atoms with E-state index in [1.807, 2.05) is 18.2 Å². The Morgan fingerprint density at radius 2 is 2.10 bits per heavy atom. The summed E-state index contributed by atoms with van der Waals surface area (Å²) in [4.78, 5) is 4.50. The summed E-state index contributed by atoms with van der Waals surface area (Å²) >= 11 is 3.42. The molecule has 0 aliphatic heterocycles. The average molecular weight is 339 g/mol. The number of benzene rings is 1. The molecule has 2 rings (SSSR count). The Balaban J connectivity index is 2.20. The third kappa shape index (κ3) is 3.84. The fourth-order valence-electron chi connectivity index (χ4n) is 1.71. The zero-order valence-corrected chi connectivity index (χ0v) is 13.7. The van der Waals surface area contributed by atoms with Gasteiger partial charge >= 0.3 is 0 Å². The van der Waals surface area contributed by atoms with Crippen molar-refractivity contribution >= 4 is 15.9 Å². The van der Waals surface area contributed by atoms with Crippen LogP contribution in [0.15, 0.2) is 33.4 Å². The molecular formula is C15H19BrN2O2. The van der Waals surface area contributed by atoms with Crippen molar-refractivity contribution in [1.82, 2.24) is 10.3 Å². The smallest absolute Gasteiger partial charge is 0.229 e. The first-order chi connectivity index (χ1) is 9.39. The molecule has 0 aliphatic carbocycles. The Morgan fingerprint density at radius 1 is 1.35 bits per heavy atom. The Hall–Kier alpha value is -1.33. The van der Waals surface area contributed by atoms with E-state index in [2.05, 4.69) is 47.0 Å². The van der Waals surface area contributed by atoms with Crippen LogP contribution in [-0.2, 0) is 6.54 Å². The Morgan fingerprint density at radius 3 is 2.75 bits per heavy atom. The first-order valence-electron chi connectivity index (χ1n) is 6.42. The van der Waals surface area contributed by atoms with Crippen molar-refractivity contribution in [3.63, 3.8) is 0 Å². The number of ether oxygens (including phenoxy) is 1. The van der Waals surface area contributed by atoms with Gasteiger partial charge in [0.05, 0.1) is 18.4 Å². The van der Waals surface area contributed by atoms with E-state index >= 15 is 0 Å². The second-order valence-electron chi connectivity index (χ2n) is 5.59. The zero-order chi connectivity index (χ0) is 14.8. The van der Waals surface area contributed by atoms with Gasteiger partial charge < -0.3 is 14.5 Å². The highest BCUT2D eigenvalue weighted by Gasteiger charge is 2.14. The minimum atomic E-state index is 0.0500. The van der Waals surface area contributed by atoms with Gasteiger partial charge in [-0.2, -0.15) is 0 Å². The highest BCUT2D eigenvalue weighted by atomic mass is 79.9. The number of rotatable bonds is 4. The number of methoxy groups -OCH3 is 1. The molecule has 0 saturated carbocycles. The maximum absolute atomic E-state index is 5.55. The van der Waals surface area contributed by atoms with Gasteiger partial charge in [0.2, 0.25) is 5.89 Å². The number of halogens is 1. The van der Waals surface area contributed by atoms with Crippen LogP contribution in [-0.4, -0.2) is 17.6 Å². The molecule has 0 fully saturated rings. The first-order valence-corrected chi connectivity index (χ1v) is 7.22. The van der Waals surface area contributed by atoms with Gasteiger partial charge in [0.25, 0.3) is 0 Å². The summed E-state index contributed by atoms with van der Waals surface area (Å²) in [6.07, 6.45) is 1.68. The zero-order valence-electron chi connectivity index (χ0n) is 12.2. The van der Waals surface area contributed by atoms with Gasteiger partial charge in [0.15, 0.2) is 0 Å². The molecule has 0 spiro atoms. The van der Waals surface area contributed by atoms with Crippen molar-refractivity contribution in [3.8, 4) is 17.2 Å². The van der Waals surface area contributed by atoms with Gasteiger partial charge in [0, 0.05) is 16.6 Å². The molecule has 0 unspecified atom stereocenters. The van der Waals surface area contributed by atoms with E-state index in [1.54, 1.807) is 13.4 Å². The predicted octanol–water partition coefficient (Wildman–Crippen LogP) is 4.00. The molecule has 0 aliphatic rings. The van der Waals surface area contributed by atoms with E-state index in [1.165, 1.54) is 0 Å². The maximum Gasteiger partial charge on any atom is 0.229 e. The lowest BCUT2D eigenvalue weighted by Crippen LogP contribution is -2.35. The van der Waals surface area contributed by atoms with E-state index < -0.39 is 0 Å². The van der Waals surface area contributed by atoms with Crippen LogP contribution in [0.25, 0.3) is 11.5 Å². The van der Waals surface area contributed by atoms with Crippen LogP contribution < -0.4 is 10.1 Å². The predicted molar refractivity (Wildman–Crippen MR) is 82.8 cm³/mol. The molecule has 20 heavy (non-hydrogen) atoms. The van der Waals surface area contributed by atoms with E-state index in [-0.39, 0.29) is 5.54 Å². The lowest BCUT2D eigenvalue weighted by atomic mass is 10.1. The first kappa shape index (κ1) is 15.1. The van der Waals surface area contributed by atoms with Crippen molar-refractivity contribution in [1.29, 1.82) is 0 Å². The Bertz CT molecular complexity index is 588. The van der Waals surface area contributed by atoms with Crippen LogP contribution in [0.5, 0.6) is 5.75 Å². The fraction of sp³-hybridized carbons (Fsp3) is 0.400. The average Bonchev–Trinajstić information content (AvgIpc) is 2.84.